The van der Waals surface area contributed by atoms with Crippen molar-refractivity contribution in [1.82, 2.24) is 5.32 Å². The number of carbonyl (C=O) groups is 2. The molecule has 0 radical (unpaired) electrons. The van der Waals surface area contributed by atoms with Gasteiger partial charge in [-0.3, -0.25) is 0 Å². The van der Waals surface area contributed by atoms with Crippen LogP contribution in [-0.2, 0) is 32.1 Å². The number of benzene rings is 1. The van der Waals surface area contributed by atoms with Crippen molar-refractivity contribution in [3.05, 3.63) is 46.5 Å². The van der Waals surface area contributed by atoms with Gasteiger partial charge in [-0.15, -0.1) is 0 Å². The van der Waals surface area contributed by atoms with E-state index in [9.17, 15) is 25.2 Å². The Hall–Kier alpha value is -2.58. The highest BCUT2D eigenvalue weighted by atomic mass is 16.5. The molecule has 68 heavy (non-hydrogen) atoms. The number of fused-ring (bicyclic) bond motifs is 7. The smallest absolute Gasteiger partial charge is 0.331 e. The summed E-state index contributed by atoms with van der Waals surface area (Å²) >= 11 is 0. The summed E-state index contributed by atoms with van der Waals surface area (Å²) in [5, 5.41) is 58.3. The Kier molecular flexibility index (Phi) is 10.5. The van der Waals surface area contributed by atoms with E-state index in [2.05, 4.69) is 24.1 Å². The Morgan fingerprint density at radius 3 is 2.51 bits per heavy atom. The summed E-state index contributed by atoms with van der Waals surface area (Å²) in [4.78, 5) is 29.0. The van der Waals surface area contributed by atoms with Crippen molar-refractivity contribution in [2.24, 2.45) is 80.8 Å². The van der Waals surface area contributed by atoms with Gasteiger partial charge in [0, 0.05) is 59.3 Å². The van der Waals surface area contributed by atoms with Gasteiger partial charge < -0.3 is 40.0 Å². The van der Waals surface area contributed by atoms with E-state index in [-0.39, 0.29) is 71.6 Å². The molecule has 1 aromatic rings. The summed E-state index contributed by atoms with van der Waals surface area (Å²) in [5.41, 5.74) is -3.23. The lowest BCUT2D eigenvalue weighted by atomic mass is 9.31. The van der Waals surface area contributed by atoms with E-state index in [0.29, 0.717) is 81.6 Å². The number of hydrogen-bond donors (Lipinski definition) is 5. The van der Waals surface area contributed by atoms with Crippen LogP contribution < -0.4 is 5.32 Å². The van der Waals surface area contributed by atoms with Crippen LogP contribution in [0.3, 0.4) is 0 Å². The molecule has 14 rings (SSSR count). The molecule has 9 nitrogen and oxygen atoms in total. The minimum absolute atomic E-state index is 0.0473. The van der Waals surface area contributed by atoms with Crippen molar-refractivity contribution in [2.75, 3.05) is 13.7 Å². The zero-order valence-corrected chi connectivity index (χ0v) is 41.0. The fraction of sp³-hybridized carbons (Fsp3) is 0.797. The lowest BCUT2D eigenvalue weighted by Crippen LogP contribution is -2.83. The van der Waals surface area contributed by atoms with Gasteiger partial charge in [-0.2, -0.15) is 0 Å². The van der Waals surface area contributed by atoms with Crippen LogP contribution in [0.25, 0.3) is 0 Å². The molecule has 1 saturated heterocycles. The molecule has 2 heterocycles. The molecule has 9 heteroatoms. The first-order chi connectivity index (χ1) is 32.9. The van der Waals surface area contributed by atoms with Crippen LogP contribution in [0.5, 0.6) is 0 Å². The maximum atomic E-state index is 15.3. The summed E-state index contributed by atoms with van der Waals surface area (Å²) in [5.74, 6) is 7.08. The summed E-state index contributed by atoms with van der Waals surface area (Å²) in [6.45, 7) is 3.09. The second-order valence-corrected chi connectivity index (χ2v) is 25.9. The first-order valence-corrected chi connectivity index (χ1v) is 27.9. The second-order valence-electron chi connectivity index (χ2n) is 25.9. The first kappa shape index (κ1) is 45.3. The molecule has 10 fully saturated rings. The molecule has 1 aromatic carbocycles. The Labute approximate surface area is 404 Å². The molecule has 9 saturated carbocycles. The van der Waals surface area contributed by atoms with Gasteiger partial charge in [0.05, 0.1) is 29.3 Å². The average Bonchev–Trinajstić information content (AvgIpc) is 4.19. The van der Waals surface area contributed by atoms with E-state index in [0.717, 1.165) is 73.6 Å². The van der Waals surface area contributed by atoms with Crippen LogP contribution in [0.15, 0.2) is 29.8 Å². The van der Waals surface area contributed by atoms with Crippen LogP contribution in [0.1, 0.15) is 165 Å². The summed E-state index contributed by atoms with van der Waals surface area (Å²) in [7, 11) is 1.97. The number of esters is 1. The molecule has 0 amide bonds. The molecule has 4 bridgehead atoms. The van der Waals surface area contributed by atoms with Gasteiger partial charge in [0.25, 0.3) is 0 Å². The number of ether oxygens (including phenoxy) is 2. The number of hydrogen-bond acceptors (Lipinski definition) is 9. The number of aldehydes is 1. The molecule has 11 aliphatic carbocycles. The molecule has 18 atom stereocenters. The van der Waals surface area contributed by atoms with Crippen LogP contribution in [0, 0.1) is 92.7 Å². The third-order valence-corrected chi connectivity index (χ3v) is 24.6. The number of aliphatic hydroxyl groups is 4. The number of likely N-dealkylation sites (N-methyl/N-ethyl adjacent to an activating group) is 1. The third kappa shape index (κ3) is 5.53. The number of nitrogens with one attached hydrogen (secondary N) is 1. The Morgan fingerprint density at radius 2 is 1.74 bits per heavy atom. The second kappa shape index (κ2) is 15.7. The third-order valence-electron chi connectivity index (χ3n) is 24.6. The maximum absolute atomic E-state index is 15.3. The van der Waals surface area contributed by atoms with Gasteiger partial charge in [-0.25, -0.2) is 4.79 Å². The molecular formula is C59H79NO8. The van der Waals surface area contributed by atoms with Crippen LogP contribution >= 0.6 is 0 Å². The monoisotopic (exact) mass is 930 g/mol. The van der Waals surface area contributed by atoms with E-state index in [4.69, 9.17) is 9.47 Å². The van der Waals surface area contributed by atoms with E-state index >= 15 is 4.79 Å². The highest BCUT2D eigenvalue weighted by Gasteiger charge is 2.86. The number of carbonyl (C=O) groups excluding carboxylic acids is 2. The normalized spacial score (nSPS) is 49.9. The Morgan fingerprint density at radius 1 is 0.912 bits per heavy atom. The van der Waals surface area contributed by atoms with Crippen molar-refractivity contribution in [3.63, 3.8) is 0 Å². The quantitative estimate of drug-likeness (QED) is 0.112. The zero-order chi connectivity index (χ0) is 46.6. The Balaban J connectivity index is 0.998. The predicted octanol–water partition coefficient (Wildman–Crippen LogP) is 8.15. The molecule has 5 N–H and O–H groups in total. The van der Waals surface area contributed by atoms with Crippen molar-refractivity contribution in [2.45, 2.75) is 196 Å². The molecule has 368 valence electrons. The Bertz CT molecular complexity index is 2320. The average molecular weight is 930 g/mol. The lowest BCUT2D eigenvalue weighted by Gasteiger charge is -2.76. The molecule has 13 aliphatic rings. The molecule has 3 spiro atoms. The standard InChI is InChI=1S/C59H79NO8/c1-35(36-10-3-4-11-36)38-15-16-46-52-56(41(19-25-67-52)17-23-53(56)20-7-8-21-53)33-55(34-62)48-18-24-54-22-6-5-12-37-13-9-14-39(32-61)43(37)28-47(60-2)44-27-40(50(54)45-29-49(63)68-51(44)45)30-58(54,65)57(48,64)31-42(26-38)59(46,55)66/h9,13-14,29,34-36,38,40-42,44,46-48,50-52,60-61,64-66H,3-4,6-8,10-11,15-28,30-33H2,1-2H3. The fourth-order valence-electron chi connectivity index (χ4n) is 22.1. The minimum atomic E-state index is -1.67. The fourth-order valence-corrected chi connectivity index (χ4v) is 22.1. The lowest BCUT2D eigenvalue weighted by molar-refractivity contribution is -0.370. The van der Waals surface area contributed by atoms with Crippen molar-refractivity contribution >= 4 is 12.3 Å². The topological polar surface area (TPSA) is 146 Å². The van der Waals surface area contributed by atoms with Crippen molar-refractivity contribution in [3.8, 4) is 11.8 Å². The number of aliphatic hydroxyl groups excluding tert-OH is 1. The first-order valence-electron chi connectivity index (χ1n) is 27.9. The summed E-state index contributed by atoms with van der Waals surface area (Å²) in [6.07, 6.45) is 22.6. The largest absolute Gasteiger partial charge is 0.454 e. The van der Waals surface area contributed by atoms with Crippen LogP contribution in [0.4, 0.5) is 0 Å². The van der Waals surface area contributed by atoms with Gasteiger partial charge in [0.1, 0.15) is 18.0 Å². The van der Waals surface area contributed by atoms with Crippen molar-refractivity contribution in [1.29, 1.82) is 0 Å². The SMILES string of the molecule is CNC1Cc2c(cccc2CO)C#CCCC23CCC4C(O)(CC5CC(C(C)C6CCCC6)CCC6C7OCCC8CCC9(CCCC9)C87CC4(C=O)C56O)C2(O)CC2CC1C1OC(=O)C=C1C23. The van der Waals surface area contributed by atoms with E-state index in [1.165, 1.54) is 44.8 Å². The zero-order valence-electron chi connectivity index (χ0n) is 41.0. The number of rotatable bonds is 5. The maximum Gasteiger partial charge on any atom is 0.331 e. The molecule has 18 unspecified atom stereocenters. The van der Waals surface area contributed by atoms with E-state index in [1.54, 1.807) is 6.08 Å². The van der Waals surface area contributed by atoms with Gasteiger partial charge in [-0.05, 0) is 179 Å². The van der Waals surface area contributed by atoms with Crippen LogP contribution in [0.2, 0.25) is 0 Å². The van der Waals surface area contributed by atoms with Crippen molar-refractivity contribution < 1.29 is 39.5 Å². The molecule has 2 aliphatic heterocycles. The van der Waals surface area contributed by atoms with Gasteiger partial charge in [0.15, 0.2) is 0 Å². The van der Waals surface area contributed by atoms with Gasteiger partial charge in [0.2, 0.25) is 0 Å². The van der Waals surface area contributed by atoms with E-state index in [1.807, 2.05) is 25.2 Å². The molecule has 0 aromatic heterocycles. The van der Waals surface area contributed by atoms with Crippen LogP contribution in [-0.4, -0.2) is 81.4 Å². The van der Waals surface area contributed by atoms with Gasteiger partial charge in [-0.1, -0.05) is 69.4 Å². The summed E-state index contributed by atoms with van der Waals surface area (Å²) in [6, 6.07) is 5.86. The summed E-state index contributed by atoms with van der Waals surface area (Å²) < 4.78 is 13.7. The van der Waals surface area contributed by atoms with Gasteiger partial charge >= 0.3 is 5.97 Å². The highest BCUT2D eigenvalue weighted by Crippen LogP contribution is 2.82. The predicted molar refractivity (Wildman–Crippen MR) is 256 cm³/mol. The highest BCUT2D eigenvalue weighted by molar-refractivity contribution is 5.86. The van der Waals surface area contributed by atoms with E-state index < -0.39 is 39.7 Å². The minimum Gasteiger partial charge on any atom is -0.454 e. The molecular weight excluding hydrogens is 851 g/mol.